The first-order valence-electron chi connectivity index (χ1n) is 11.9. The lowest BCUT2D eigenvalue weighted by Crippen LogP contribution is -2.66. The topological polar surface area (TPSA) is 193 Å². The summed E-state index contributed by atoms with van der Waals surface area (Å²) in [4.78, 5) is 69.2. The molecule has 14 heteroatoms. The summed E-state index contributed by atoms with van der Waals surface area (Å²) >= 11 is 0. The summed E-state index contributed by atoms with van der Waals surface area (Å²) in [5.41, 5.74) is 0. The molecule has 0 bridgehead atoms. The van der Waals surface area contributed by atoms with Crippen LogP contribution < -0.4 is 10.6 Å². The molecule has 1 fully saturated rings. The minimum absolute atomic E-state index is 0.0317. The van der Waals surface area contributed by atoms with Crippen LogP contribution >= 0.6 is 0 Å². The smallest absolute Gasteiger partial charge is 0.303 e. The fraction of sp³-hybridized carbons (Fsp3) is 0.739. The first-order valence-corrected chi connectivity index (χ1v) is 11.9. The standard InChI is InChI=1S/C23H36N2O12/c1-13(26)25-20-22(36-16(4)29)21(35-15(3)28)17(12-34-14(2)27)37-23(20)33-11-6-5-8-18(30)24-10-7-9-19(31)32/h17,20-23H,5-12H2,1-4H3,(H,24,30)(H,25,26)(H,31,32)/t17?,20?,21-,22+,23+/m0/s1. The molecule has 0 aromatic carbocycles. The molecule has 1 aliphatic heterocycles. The maximum Gasteiger partial charge on any atom is 0.303 e. The van der Waals surface area contributed by atoms with Crippen LogP contribution in [0.15, 0.2) is 0 Å². The van der Waals surface area contributed by atoms with Crippen LogP contribution in [0.1, 0.15) is 59.8 Å². The number of carbonyl (C=O) groups is 6. The lowest BCUT2D eigenvalue weighted by atomic mass is 9.96. The van der Waals surface area contributed by atoms with Gasteiger partial charge < -0.3 is 39.4 Å². The number of aliphatic carboxylic acids is 1. The molecule has 1 heterocycles. The van der Waals surface area contributed by atoms with Gasteiger partial charge in [0.1, 0.15) is 18.8 Å². The Balaban J connectivity index is 2.84. The number of rotatable bonds is 15. The van der Waals surface area contributed by atoms with Gasteiger partial charge in [-0.3, -0.25) is 28.8 Å². The van der Waals surface area contributed by atoms with Crippen LogP contribution in [0, 0.1) is 0 Å². The molecule has 5 atom stereocenters. The molecule has 3 N–H and O–H groups in total. The highest BCUT2D eigenvalue weighted by Gasteiger charge is 2.51. The van der Waals surface area contributed by atoms with Crippen LogP contribution in [0.2, 0.25) is 0 Å². The monoisotopic (exact) mass is 532 g/mol. The molecule has 0 aromatic heterocycles. The highest BCUT2D eigenvalue weighted by Crippen LogP contribution is 2.28. The molecule has 0 aliphatic carbocycles. The summed E-state index contributed by atoms with van der Waals surface area (Å²) < 4.78 is 27.4. The van der Waals surface area contributed by atoms with E-state index in [-0.39, 0.29) is 38.5 Å². The summed E-state index contributed by atoms with van der Waals surface area (Å²) in [5.74, 6) is -3.68. The van der Waals surface area contributed by atoms with Crippen molar-refractivity contribution >= 4 is 35.7 Å². The third kappa shape index (κ3) is 13.0. The number of ether oxygens (including phenoxy) is 5. The van der Waals surface area contributed by atoms with Crippen molar-refractivity contribution in [2.75, 3.05) is 19.8 Å². The molecule has 1 rings (SSSR count). The Morgan fingerprint density at radius 1 is 0.838 bits per heavy atom. The molecule has 210 valence electrons. The highest BCUT2D eigenvalue weighted by molar-refractivity contribution is 5.76. The Hall–Kier alpha value is -3.26. The van der Waals surface area contributed by atoms with Crippen molar-refractivity contribution in [2.24, 2.45) is 0 Å². The van der Waals surface area contributed by atoms with E-state index in [4.69, 9.17) is 28.8 Å². The molecular formula is C23H36N2O12. The second-order valence-corrected chi connectivity index (χ2v) is 8.40. The van der Waals surface area contributed by atoms with Gasteiger partial charge in [0.15, 0.2) is 18.5 Å². The van der Waals surface area contributed by atoms with Crippen LogP contribution in [-0.4, -0.2) is 91.2 Å². The number of amides is 2. The van der Waals surface area contributed by atoms with Crippen LogP contribution in [0.3, 0.4) is 0 Å². The van der Waals surface area contributed by atoms with E-state index in [9.17, 15) is 28.8 Å². The van der Waals surface area contributed by atoms with E-state index >= 15 is 0 Å². The zero-order valence-corrected chi connectivity index (χ0v) is 21.5. The fourth-order valence-electron chi connectivity index (χ4n) is 3.58. The molecule has 2 unspecified atom stereocenters. The number of hydrogen-bond donors (Lipinski definition) is 3. The van der Waals surface area contributed by atoms with Crippen molar-refractivity contribution in [3.05, 3.63) is 0 Å². The van der Waals surface area contributed by atoms with Crippen molar-refractivity contribution in [3.8, 4) is 0 Å². The minimum Gasteiger partial charge on any atom is -0.481 e. The summed E-state index contributed by atoms with van der Waals surface area (Å²) in [6, 6.07) is -1.06. The fourth-order valence-corrected chi connectivity index (χ4v) is 3.58. The van der Waals surface area contributed by atoms with Gasteiger partial charge in [0.25, 0.3) is 0 Å². The van der Waals surface area contributed by atoms with Gasteiger partial charge in [-0.15, -0.1) is 0 Å². The SMILES string of the molecule is CC(=O)NC1[C@H](OCCCCC(=O)NCCCC(=O)O)OC(COC(C)=O)[C@H](OC(C)=O)[C@@H]1OC(C)=O. The average Bonchev–Trinajstić information content (AvgIpc) is 2.77. The molecular weight excluding hydrogens is 496 g/mol. The minimum atomic E-state index is -1.21. The third-order valence-corrected chi connectivity index (χ3v) is 5.04. The number of esters is 3. The number of unbranched alkanes of at least 4 members (excludes halogenated alkanes) is 1. The summed E-state index contributed by atoms with van der Waals surface area (Å²) in [6.45, 7) is 4.74. The molecule has 1 saturated heterocycles. The predicted octanol–water partition coefficient (Wildman–Crippen LogP) is -0.190. The van der Waals surface area contributed by atoms with E-state index < -0.39 is 60.4 Å². The van der Waals surface area contributed by atoms with Gasteiger partial charge in [-0.1, -0.05) is 0 Å². The number of carboxylic acids is 1. The lowest BCUT2D eigenvalue weighted by molar-refractivity contribution is -0.277. The largest absolute Gasteiger partial charge is 0.481 e. The predicted molar refractivity (Wildman–Crippen MR) is 124 cm³/mol. The number of nitrogens with one attached hydrogen (secondary N) is 2. The Kier molecular flexibility index (Phi) is 14.1. The molecule has 2 amide bonds. The Bertz CT molecular complexity index is 818. The van der Waals surface area contributed by atoms with Crippen LogP contribution in [0.4, 0.5) is 0 Å². The summed E-state index contributed by atoms with van der Waals surface area (Å²) in [7, 11) is 0. The van der Waals surface area contributed by atoms with Gasteiger partial charge in [0, 0.05) is 53.7 Å². The zero-order chi connectivity index (χ0) is 28.0. The Morgan fingerprint density at radius 3 is 2.05 bits per heavy atom. The molecule has 1 aliphatic rings. The van der Waals surface area contributed by atoms with Gasteiger partial charge >= 0.3 is 23.9 Å². The van der Waals surface area contributed by atoms with E-state index in [0.717, 1.165) is 13.8 Å². The first-order chi connectivity index (χ1) is 17.4. The van der Waals surface area contributed by atoms with Gasteiger partial charge in [-0.25, -0.2) is 0 Å². The van der Waals surface area contributed by atoms with E-state index in [1.807, 2.05) is 0 Å². The Labute approximate surface area is 214 Å². The van der Waals surface area contributed by atoms with E-state index in [1.54, 1.807) is 0 Å². The second kappa shape index (κ2) is 16.5. The van der Waals surface area contributed by atoms with Crippen molar-refractivity contribution in [2.45, 2.75) is 90.4 Å². The molecule has 0 aromatic rings. The number of carboxylic acid groups (broad SMARTS) is 1. The van der Waals surface area contributed by atoms with Crippen molar-refractivity contribution < 1.29 is 57.6 Å². The first kappa shape index (κ1) is 31.8. The summed E-state index contributed by atoms with van der Waals surface area (Å²) in [5, 5.41) is 13.8. The lowest BCUT2D eigenvalue weighted by Gasteiger charge is -2.44. The number of carbonyl (C=O) groups excluding carboxylic acids is 5. The average molecular weight is 533 g/mol. The molecule has 0 saturated carbocycles. The van der Waals surface area contributed by atoms with Gasteiger partial charge in [0.05, 0.1) is 0 Å². The van der Waals surface area contributed by atoms with Crippen LogP contribution in [0.5, 0.6) is 0 Å². The molecule has 14 nitrogen and oxygen atoms in total. The third-order valence-electron chi connectivity index (χ3n) is 5.04. The van der Waals surface area contributed by atoms with Crippen molar-refractivity contribution in [1.29, 1.82) is 0 Å². The van der Waals surface area contributed by atoms with Crippen LogP contribution in [0.25, 0.3) is 0 Å². The molecule has 0 radical (unpaired) electrons. The normalized spacial score (nSPS) is 22.9. The Morgan fingerprint density at radius 2 is 1.49 bits per heavy atom. The van der Waals surface area contributed by atoms with E-state index in [1.165, 1.54) is 13.8 Å². The van der Waals surface area contributed by atoms with Gasteiger partial charge in [-0.05, 0) is 19.3 Å². The highest BCUT2D eigenvalue weighted by atomic mass is 16.7. The van der Waals surface area contributed by atoms with Crippen molar-refractivity contribution in [1.82, 2.24) is 10.6 Å². The van der Waals surface area contributed by atoms with Crippen molar-refractivity contribution in [3.63, 3.8) is 0 Å². The number of hydrogen-bond acceptors (Lipinski definition) is 11. The molecule has 0 spiro atoms. The zero-order valence-electron chi connectivity index (χ0n) is 21.5. The second-order valence-electron chi connectivity index (χ2n) is 8.40. The molecule has 37 heavy (non-hydrogen) atoms. The van der Waals surface area contributed by atoms with Gasteiger partial charge in [-0.2, -0.15) is 0 Å². The quantitative estimate of drug-likeness (QED) is 0.143. The summed E-state index contributed by atoms with van der Waals surface area (Å²) in [6.07, 6.45) is -3.28. The van der Waals surface area contributed by atoms with E-state index in [0.29, 0.717) is 19.3 Å². The maximum atomic E-state index is 11.9. The van der Waals surface area contributed by atoms with Crippen LogP contribution in [-0.2, 0) is 52.5 Å². The van der Waals surface area contributed by atoms with E-state index in [2.05, 4.69) is 10.6 Å². The van der Waals surface area contributed by atoms with Gasteiger partial charge in [0.2, 0.25) is 11.8 Å². The maximum absolute atomic E-state index is 11.9.